The molecule has 4 atom stereocenters. The SMILES string of the molecule is CCCCCCCCS[C@@H]1OC[C@@H](O)[C@H](O)[C@H]1O. The van der Waals surface area contributed by atoms with E-state index in [1.54, 1.807) is 0 Å². The molecule has 0 aromatic heterocycles. The summed E-state index contributed by atoms with van der Waals surface area (Å²) >= 11 is 1.53. The van der Waals surface area contributed by atoms with Crippen LogP contribution in [0.2, 0.25) is 0 Å². The zero-order chi connectivity index (χ0) is 13.4. The molecule has 1 rings (SSSR count). The van der Waals surface area contributed by atoms with Gasteiger partial charge >= 0.3 is 0 Å². The van der Waals surface area contributed by atoms with Crippen molar-refractivity contribution in [2.24, 2.45) is 0 Å². The van der Waals surface area contributed by atoms with Crippen LogP contribution in [0.15, 0.2) is 0 Å². The fourth-order valence-corrected chi connectivity index (χ4v) is 3.14. The Morgan fingerprint density at radius 2 is 1.67 bits per heavy atom. The largest absolute Gasteiger partial charge is 0.388 e. The van der Waals surface area contributed by atoms with Crippen molar-refractivity contribution >= 4 is 11.8 Å². The van der Waals surface area contributed by atoms with Crippen LogP contribution in [0.25, 0.3) is 0 Å². The van der Waals surface area contributed by atoms with Crippen molar-refractivity contribution in [1.29, 1.82) is 0 Å². The smallest absolute Gasteiger partial charge is 0.131 e. The number of unbranched alkanes of at least 4 members (excludes halogenated alkanes) is 5. The summed E-state index contributed by atoms with van der Waals surface area (Å²) in [5.74, 6) is 0.927. The molecule has 0 radical (unpaired) electrons. The molecule has 4 nitrogen and oxygen atoms in total. The van der Waals surface area contributed by atoms with Crippen LogP contribution >= 0.6 is 11.8 Å². The molecule has 1 saturated heterocycles. The lowest BCUT2D eigenvalue weighted by Crippen LogP contribution is -2.51. The van der Waals surface area contributed by atoms with E-state index >= 15 is 0 Å². The van der Waals surface area contributed by atoms with Crippen LogP contribution in [0.1, 0.15) is 45.4 Å². The van der Waals surface area contributed by atoms with E-state index < -0.39 is 23.7 Å². The summed E-state index contributed by atoms with van der Waals surface area (Å²) in [7, 11) is 0. The summed E-state index contributed by atoms with van der Waals surface area (Å²) < 4.78 is 5.32. The van der Waals surface area contributed by atoms with Crippen molar-refractivity contribution in [1.82, 2.24) is 0 Å². The summed E-state index contributed by atoms with van der Waals surface area (Å²) in [6.07, 6.45) is 4.42. The average Bonchev–Trinajstić information content (AvgIpc) is 2.37. The fourth-order valence-electron chi connectivity index (χ4n) is 2.01. The lowest BCUT2D eigenvalue weighted by molar-refractivity contribution is -0.161. The Hall–Kier alpha value is 0.190. The minimum atomic E-state index is -1.08. The maximum absolute atomic E-state index is 9.72. The van der Waals surface area contributed by atoms with Gasteiger partial charge in [0.15, 0.2) is 0 Å². The highest BCUT2D eigenvalue weighted by molar-refractivity contribution is 7.99. The monoisotopic (exact) mass is 278 g/mol. The molecule has 0 unspecified atom stereocenters. The average molecular weight is 278 g/mol. The molecule has 1 fully saturated rings. The van der Waals surface area contributed by atoms with Gasteiger partial charge in [-0.15, -0.1) is 11.8 Å². The third-order valence-corrected chi connectivity index (χ3v) is 4.50. The number of hydrogen-bond acceptors (Lipinski definition) is 5. The van der Waals surface area contributed by atoms with E-state index in [1.165, 1.54) is 43.9 Å². The van der Waals surface area contributed by atoms with Gasteiger partial charge in [0.1, 0.15) is 23.7 Å². The van der Waals surface area contributed by atoms with Crippen molar-refractivity contribution in [3.05, 3.63) is 0 Å². The van der Waals surface area contributed by atoms with Crippen molar-refractivity contribution in [3.8, 4) is 0 Å². The van der Waals surface area contributed by atoms with Crippen molar-refractivity contribution in [2.45, 2.75) is 69.2 Å². The Bertz CT molecular complexity index is 215. The van der Waals surface area contributed by atoms with Gasteiger partial charge in [-0.05, 0) is 12.2 Å². The molecule has 0 aromatic carbocycles. The zero-order valence-corrected chi connectivity index (χ0v) is 11.9. The molecule has 108 valence electrons. The van der Waals surface area contributed by atoms with Gasteiger partial charge in [0.05, 0.1) is 6.61 Å². The highest BCUT2D eigenvalue weighted by atomic mass is 32.2. The quantitative estimate of drug-likeness (QED) is 0.587. The predicted octanol–water partition coefficient (Wildman–Crippen LogP) is 1.52. The van der Waals surface area contributed by atoms with Gasteiger partial charge in [0, 0.05) is 0 Å². The summed E-state index contributed by atoms with van der Waals surface area (Å²) in [5.41, 5.74) is -0.404. The molecule has 3 N–H and O–H groups in total. The standard InChI is InChI=1S/C13H26O4S/c1-2-3-4-5-6-7-8-18-13-12(16)11(15)10(14)9-17-13/h10-16H,2-9H2,1H3/t10-,11+,12-,13+/m1/s1. The fraction of sp³-hybridized carbons (Fsp3) is 1.00. The maximum Gasteiger partial charge on any atom is 0.131 e. The summed E-state index contributed by atoms with van der Waals surface area (Å²) in [5, 5.41) is 28.6. The summed E-state index contributed by atoms with van der Waals surface area (Å²) in [4.78, 5) is 0. The lowest BCUT2D eigenvalue weighted by atomic mass is 10.1. The van der Waals surface area contributed by atoms with E-state index in [2.05, 4.69) is 6.92 Å². The Kier molecular flexibility index (Phi) is 8.26. The zero-order valence-electron chi connectivity index (χ0n) is 11.1. The van der Waals surface area contributed by atoms with Crippen LogP contribution < -0.4 is 0 Å². The van der Waals surface area contributed by atoms with E-state index in [0.717, 1.165) is 12.2 Å². The Morgan fingerprint density at radius 1 is 1.00 bits per heavy atom. The highest BCUT2D eigenvalue weighted by Crippen LogP contribution is 2.25. The van der Waals surface area contributed by atoms with Crippen LogP contribution in [-0.2, 0) is 4.74 Å². The van der Waals surface area contributed by atoms with Crippen LogP contribution in [-0.4, -0.2) is 51.4 Å². The second-order valence-electron chi connectivity index (χ2n) is 4.89. The molecular formula is C13H26O4S. The van der Waals surface area contributed by atoms with Gasteiger partial charge in [0.25, 0.3) is 0 Å². The van der Waals surface area contributed by atoms with E-state index in [0.29, 0.717) is 0 Å². The number of hydrogen-bond donors (Lipinski definition) is 3. The first-order valence-electron chi connectivity index (χ1n) is 6.94. The van der Waals surface area contributed by atoms with E-state index in [-0.39, 0.29) is 6.61 Å². The van der Waals surface area contributed by atoms with Gasteiger partial charge in [-0.3, -0.25) is 0 Å². The van der Waals surface area contributed by atoms with Crippen LogP contribution in [0.3, 0.4) is 0 Å². The van der Waals surface area contributed by atoms with Crippen molar-refractivity contribution in [3.63, 3.8) is 0 Å². The second kappa shape index (κ2) is 9.15. The molecule has 1 heterocycles. The normalized spacial score (nSPS) is 32.7. The second-order valence-corrected chi connectivity index (χ2v) is 6.10. The van der Waals surface area contributed by atoms with Crippen molar-refractivity contribution in [2.75, 3.05) is 12.4 Å². The molecule has 1 aliphatic rings. The van der Waals surface area contributed by atoms with E-state index in [1.807, 2.05) is 0 Å². The summed E-state index contributed by atoms with van der Waals surface area (Å²) in [6, 6.07) is 0. The Morgan fingerprint density at radius 3 is 2.39 bits per heavy atom. The predicted molar refractivity (Wildman–Crippen MR) is 73.6 cm³/mol. The van der Waals surface area contributed by atoms with E-state index in [4.69, 9.17) is 4.74 Å². The molecule has 0 aliphatic carbocycles. The number of aliphatic hydroxyl groups excluding tert-OH is 3. The van der Waals surface area contributed by atoms with Gasteiger partial charge in [-0.25, -0.2) is 0 Å². The Balaban J connectivity index is 2.05. The molecule has 1 aliphatic heterocycles. The number of rotatable bonds is 8. The van der Waals surface area contributed by atoms with Gasteiger partial charge in [-0.2, -0.15) is 0 Å². The van der Waals surface area contributed by atoms with Gasteiger partial charge in [-0.1, -0.05) is 39.0 Å². The molecule has 18 heavy (non-hydrogen) atoms. The van der Waals surface area contributed by atoms with Crippen LogP contribution in [0, 0.1) is 0 Å². The molecule has 0 aromatic rings. The molecule has 0 amide bonds. The topological polar surface area (TPSA) is 69.9 Å². The number of thioether (sulfide) groups is 1. The van der Waals surface area contributed by atoms with Gasteiger partial charge < -0.3 is 20.1 Å². The maximum atomic E-state index is 9.72. The minimum absolute atomic E-state index is 0.104. The highest BCUT2D eigenvalue weighted by Gasteiger charge is 2.37. The molecule has 0 bridgehead atoms. The first-order valence-corrected chi connectivity index (χ1v) is 7.99. The minimum Gasteiger partial charge on any atom is -0.388 e. The molecule has 0 spiro atoms. The van der Waals surface area contributed by atoms with Crippen LogP contribution in [0.5, 0.6) is 0 Å². The summed E-state index contributed by atoms with van der Waals surface area (Å²) in [6.45, 7) is 2.31. The third kappa shape index (κ3) is 5.45. The molecule has 0 saturated carbocycles. The van der Waals surface area contributed by atoms with Gasteiger partial charge in [0.2, 0.25) is 0 Å². The molecular weight excluding hydrogens is 252 g/mol. The lowest BCUT2D eigenvalue weighted by Gasteiger charge is -2.34. The Labute approximate surface area is 114 Å². The van der Waals surface area contributed by atoms with Crippen LogP contribution in [0.4, 0.5) is 0 Å². The number of ether oxygens (including phenoxy) is 1. The molecule has 5 heteroatoms. The van der Waals surface area contributed by atoms with Crippen molar-refractivity contribution < 1.29 is 20.1 Å². The number of aliphatic hydroxyl groups is 3. The first kappa shape index (κ1) is 16.2. The third-order valence-electron chi connectivity index (χ3n) is 3.23. The van der Waals surface area contributed by atoms with E-state index in [9.17, 15) is 15.3 Å². The first-order chi connectivity index (χ1) is 8.66.